The summed E-state index contributed by atoms with van der Waals surface area (Å²) >= 11 is 0. The molecule has 0 aliphatic heterocycles. The second-order valence-corrected chi connectivity index (χ2v) is 9.84. The first kappa shape index (κ1) is 34.3. The molecule has 0 radical (unpaired) electrons. The smallest absolute Gasteiger partial charge is 0.126 e. The molecule has 12 N–H and O–H groups in total. The van der Waals surface area contributed by atoms with E-state index in [4.69, 9.17) is 0 Å². The first-order valence-corrected chi connectivity index (χ1v) is 13.4. The summed E-state index contributed by atoms with van der Waals surface area (Å²) in [5.41, 5.74) is 4.36. The highest BCUT2D eigenvalue weighted by Gasteiger charge is 2.16. The lowest BCUT2D eigenvalue weighted by Crippen LogP contribution is -1.96. The van der Waals surface area contributed by atoms with E-state index >= 15 is 0 Å². The fraction of sp³-hybridized carbons (Fsp3) is 0.250. The molecule has 0 amide bonds. The second kappa shape index (κ2) is 15.5. The van der Waals surface area contributed by atoms with Gasteiger partial charge in [0, 0.05) is 44.5 Å². The Morgan fingerprint density at radius 2 is 0.364 bits per heavy atom. The molecular formula is C32H36O12. The van der Waals surface area contributed by atoms with E-state index in [1.807, 2.05) is 0 Å². The van der Waals surface area contributed by atoms with Crippen molar-refractivity contribution >= 4 is 0 Å². The Labute approximate surface area is 252 Å². The average Bonchev–Trinajstić information content (AvgIpc) is 3.05. The van der Waals surface area contributed by atoms with Gasteiger partial charge in [-0.1, -0.05) is 0 Å². The van der Waals surface area contributed by atoms with E-state index in [1.54, 1.807) is 48.5 Å². The molecule has 0 aromatic heterocycles. The molecule has 12 heteroatoms. The van der Waals surface area contributed by atoms with Crippen molar-refractivity contribution in [1.82, 2.24) is 0 Å². The normalized spacial score (nSPS) is 10.9. The van der Waals surface area contributed by atoms with Gasteiger partial charge in [0.05, 0.1) is 52.9 Å². The van der Waals surface area contributed by atoms with Gasteiger partial charge in [-0.05, 0) is 70.8 Å². The molecule has 0 spiro atoms. The molecule has 4 rings (SSSR count). The molecule has 4 aromatic carbocycles. The van der Waals surface area contributed by atoms with Crippen LogP contribution >= 0.6 is 0 Å². The van der Waals surface area contributed by atoms with Crippen LogP contribution < -0.4 is 0 Å². The quantitative estimate of drug-likeness (QED) is 0.122. The van der Waals surface area contributed by atoms with Gasteiger partial charge in [0.15, 0.2) is 0 Å². The third kappa shape index (κ3) is 7.27. The lowest BCUT2D eigenvalue weighted by atomic mass is 9.95. The van der Waals surface area contributed by atoms with Gasteiger partial charge in [-0.25, -0.2) is 0 Å². The number of hydrogen-bond acceptors (Lipinski definition) is 12. The van der Waals surface area contributed by atoms with Crippen LogP contribution in [0.1, 0.15) is 44.5 Å². The lowest BCUT2D eigenvalue weighted by Gasteiger charge is -2.14. The number of aliphatic hydroxyl groups excluding tert-OH is 8. The molecule has 0 bridgehead atoms. The van der Waals surface area contributed by atoms with E-state index in [2.05, 4.69) is 0 Å². The molecular weight excluding hydrogens is 576 g/mol. The van der Waals surface area contributed by atoms with Crippen LogP contribution in [0.4, 0.5) is 0 Å². The zero-order valence-electron chi connectivity index (χ0n) is 23.6. The van der Waals surface area contributed by atoms with E-state index in [9.17, 15) is 61.3 Å². The summed E-state index contributed by atoms with van der Waals surface area (Å²) in [6.45, 7) is -3.19. The summed E-state index contributed by atoms with van der Waals surface area (Å²) < 4.78 is 0. The predicted molar refractivity (Wildman–Crippen MR) is 158 cm³/mol. The van der Waals surface area contributed by atoms with Crippen LogP contribution in [-0.4, -0.2) is 61.3 Å². The number of aromatic hydroxyl groups is 4. The summed E-state index contributed by atoms with van der Waals surface area (Å²) in [5.74, 6) is -0.677. The van der Waals surface area contributed by atoms with Crippen molar-refractivity contribution in [3.05, 3.63) is 93.0 Å². The largest absolute Gasteiger partial charge is 0.507 e. The molecule has 4 aromatic rings. The first-order valence-electron chi connectivity index (χ1n) is 13.4. The number of rotatable bonds is 10. The van der Waals surface area contributed by atoms with Crippen molar-refractivity contribution in [1.29, 1.82) is 0 Å². The number of benzene rings is 4. The maximum atomic E-state index is 9.87. The zero-order valence-corrected chi connectivity index (χ0v) is 23.6. The van der Waals surface area contributed by atoms with Gasteiger partial charge in [-0.2, -0.15) is 0 Å². The van der Waals surface area contributed by atoms with Gasteiger partial charge in [-0.3, -0.25) is 0 Å². The minimum absolute atomic E-state index is 0.169. The van der Waals surface area contributed by atoms with Crippen molar-refractivity contribution in [3.63, 3.8) is 0 Å². The summed E-state index contributed by atoms with van der Waals surface area (Å²) in [6.07, 6.45) is 0. The summed E-state index contributed by atoms with van der Waals surface area (Å²) in [4.78, 5) is 0. The molecule has 0 atom stereocenters. The predicted octanol–water partition coefficient (Wildman–Crippen LogP) is 1.47. The topological polar surface area (TPSA) is 243 Å². The summed E-state index contributed by atoms with van der Waals surface area (Å²) in [5, 5.41) is 114. The monoisotopic (exact) mass is 612 g/mol. The minimum Gasteiger partial charge on any atom is -0.507 e. The van der Waals surface area contributed by atoms with Gasteiger partial charge < -0.3 is 61.3 Å². The van der Waals surface area contributed by atoms with Gasteiger partial charge >= 0.3 is 0 Å². The number of phenols is 4. The minimum atomic E-state index is -0.398. The molecule has 0 fully saturated rings. The second-order valence-electron chi connectivity index (χ2n) is 9.84. The standard InChI is InChI=1S/2C16H18O6/c2*17-5-11-1-9(2-12(6-18)15(11)21)10-3-13(7-19)16(22)14(4-10)8-20/h2*1-4,17-22H,5-8H2. The average molecular weight is 613 g/mol. The first-order chi connectivity index (χ1) is 21.1. The Balaban J connectivity index is 0.000000240. The van der Waals surface area contributed by atoms with Gasteiger partial charge in [0.1, 0.15) is 23.0 Å². The Bertz CT molecular complexity index is 1260. The molecule has 44 heavy (non-hydrogen) atoms. The van der Waals surface area contributed by atoms with E-state index in [-0.39, 0.29) is 67.5 Å². The maximum Gasteiger partial charge on any atom is 0.126 e. The fourth-order valence-corrected chi connectivity index (χ4v) is 4.67. The molecule has 0 saturated carbocycles. The van der Waals surface area contributed by atoms with E-state index in [0.29, 0.717) is 22.3 Å². The zero-order chi connectivity index (χ0) is 32.6. The molecule has 0 saturated heterocycles. The fourth-order valence-electron chi connectivity index (χ4n) is 4.67. The molecule has 0 heterocycles. The SMILES string of the molecule is OCc1cc(-c2cc(CO)c(O)c(CO)c2)cc(CO)c1O.OCc1cc(-c2cc(CO)c(O)c(CO)c2)cc(CO)c1O. The highest BCUT2D eigenvalue weighted by atomic mass is 16.3. The van der Waals surface area contributed by atoms with Crippen LogP contribution in [0.3, 0.4) is 0 Å². The van der Waals surface area contributed by atoms with Crippen molar-refractivity contribution < 1.29 is 61.3 Å². The summed E-state index contributed by atoms with van der Waals surface area (Å²) in [7, 11) is 0. The number of aliphatic hydroxyl groups is 8. The van der Waals surface area contributed by atoms with Crippen molar-refractivity contribution in [2.45, 2.75) is 52.9 Å². The Morgan fingerprint density at radius 1 is 0.250 bits per heavy atom. The highest BCUT2D eigenvalue weighted by molar-refractivity contribution is 5.71. The number of hydrogen-bond donors (Lipinski definition) is 12. The molecule has 12 nitrogen and oxygen atoms in total. The third-order valence-electron chi connectivity index (χ3n) is 7.10. The van der Waals surface area contributed by atoms with Crippen molar-refractivity contribution in [2.75, 3.05) is 0 Å². The van der Waals surface area contributed by atoms with Gasteiger partial charge in [0.25, 0.3) is 0 Å². The van der Waals surface area contributed by atoms with E-state index in [1.165, 1.54) is 0 Å². The maximum absolute atomic E-state index is 9.87. The molecule has 236 valence electrons. The third-order valence-corrected chi connectivity index (χ3v) is 7.10. The van der Waals surface area contributed by atoms with Gasteiger partial charge in [-0.15, -0.1) is 0 Å². The van der Waals surface area contributed by atoms with Crippen LogP contribution in [0.25, 0.3) is 22.3 Å². The summed E-state index contributed by atoms with van der Waals surface area (Å²) in [6, 6.07) is 12.4. The Morgan fingerprint density at radius 3 is 0.455 bits per heavy atom. The van der Waals surface area contributed by atoms with Crippen molar-refractivity contribution in [2.24, 2.45) is 0 Å². The highest BCUT2D eigenvalue weighted by Crippen LogP contribution is 2.36. The molecule has 0 aliphatic rings. The molecule has 0 unspecified atom stereocenters. The van der Waals surface area contributed by atoms with Crippen LogP contribution in [0.2, 0.25) is 0 Å². The van der Waals surface area contributed by atoms with Crippen LogP contribution in [0, 0.1) is 0 Å². The van der Waals surface area contributed by atoms with E-state index in [0.717, 1.165) is 0 Å². The molecule has 0 aliphatic carbocycles. The van der Waals surface area contributed by atoms with Crippen LogP contribution in [0.5, 0.6) is 23.0 Å². The van der Waals surface area contributed by atoms with Gasteiger partial charge in [0.2, 0.25) is 0 Å². The van der Waals surface area contributed by atoms with Crippen LogP contribution in [-0.2, 0) is 52.9 Å². The Kier molecular flexibility index (Phi) is 12.0. The lowest BCUT2D eigenvalue weighted by molar-refractivity contribution is 0.263. The Hall–Kier alpha value is -4.24. The van der Waals surface area contributed by atoms with E-state index < -0.39 is 52.9 Å². The van der Waals surface area contributed by atoms with Crippen molar-refractivity contribution in [3.8, 4) is 45.3 Å². The van der Waals surface area contributed by atoms with Crippen LogP contribution in [0.15, 0.2) is 48.5 Å².